The number of carbonyl (C=O) groups excluding carboxylic acids is 2. The largest absolute Gasteiger partial charge is 0.442 e. The Labute approximate surface area is 206 Å². The number of carbonyl (C=O) groups is 2. The van der Waals surface area contributed by atoms with Gasteiger partial charge in [0.2, 0.25) is 5.91 Å². The zero-order valence-electron chi connectivity index (χ0n) is 19.3. The van der Waals surface area contributed by atoms with Gasteiger partial charge in [0, 0.05) is 24.8 Å². The van der Waals surface area contributed by atoms with Crippen LogP contribution in [0.2, 0.25) is 0 Å². The number of hydrogen-bond acceptors (Lipinski definition) is 7. The molecule has 0 aliphatic carbocycles. The van der Waals surface area contributed by atoms with Gasteiger partial charge in [-0.3, -0.25) is 14.8 Å². The third-order valence-electron chi connectivity index (χ3n) is 5.46. The quantitative estimate of drug-likeness (QED) is 0.275. The van der Waals surface area contributed by atoms with E-state index in [1.807, 2.05) is 24.3 Å². The summed E-state index contributed by atoms with van der Waals surface area (Å²) in [6.07, 6.45) is 1.70. The number of anilines is 1. The minimum absolute atomic E-state index is 0.199. The number of ether oxygens (including phenoxy) is 1. The van der Waals surface area contributed by atoms with Crippen LogP contribution in [0.5, 0.6) is 0 Å². The van der Waals surface area contributed by atoms with E-state index >= 15 is 0 Å². The summed E-state index contributed by atoms with van der Waals surface area (Å²) in [4.78, 5) is 24.6. The Morgan fingerprint density at radius 3 is 2.83 bits per heavy atom. The number of aromatic nitrogens is 3. The number of nitrogens with zero attached hydrogens (tertiary/aromatic N) is 3. The summed E-state index contributed by atoms with van der Waals surface area (Å²) in [6.45, 7) is 3.49. The second-order valence-corrected chi connectivity index (χ2v) is 9.25. The molecule has 35 heavy (non-hydrogen) atoms. The second kappa shape index (κ2) is 11.8. The molecule has 1 saturated heterocycles. The van der Waals surface area contributed by atoms with E-state index in [9.17, 15) is 14.0 Å². The first-order chi connectivity index (χ1) is 17.0. The van der Waals surface area contributed by atoms with Gasteiger partial charge in [0.05, 0.1) is 25.0 Å². The predicted molar refractivity (Wildman–Crippen MR) is 132 cm³/mol. The van der Waals surface area contributed by atoms with Crippen molar-refractivity contribution >= 4 is 29.4 Å². The van der Waals surface area contributed by atoms with E-state index in [1.54, 1.807) is 30.1 Å². The van der Waals surface area contributed by atoms with Crippen LogP contribution in [0.15, 0.2) is 53.7 Å². The highest BCUT2D eigenvalue weighted by Crippen LogP contribution is 2.29. The van der Waals surface area contributed by atoms with Crippen LogP contribution in [0.4, 0.5) is 14.9 Å². The summed E-state index contributed by atoms with van der Waals surface area (Å²) < 4.78 is 20.2. The standard InChI is InChI=1S/C24H27FN6O3S/c1-16(32)27-13-20-15-31(24(33)34-20)19-7-8-21(22(25)11-19)18-5-3-17(4-6-18)12-26-9-2-10-35-23-14-28-30-29-23/h3-8,11,14,20,26H,2,9-10,12-13,15H2,1H3,(H,27,32)(H,28,29,30)/t20-/m0/s1. The molecular formula is C24H27FN6O3S. The SMILES string of the molecule is CC(=O)NC[C@H]1CN(c2ccc(-c3ccc(CNCCCSc4cnn[nH]4)cc3)c(F)c2)C(=O)O1. The third-order valence-corrected chi connectivity index (χ3v) is 6.46. The van der Waals surface area contributed by atoms with Crippen molar-refractivity contribution in [2.45, 2.75) is 31.0 Å². The van der Waals surface area contributed by atoms with Crippen LogP contribution in [0, 0.1) is 5.82 Å². The Hall–Kier alpha value is -3.44. The molecule has 11 heteroatoms. The summed E-state index contributed by atoms with van der Waals surface area (Å²) in [6, 6.07) is 12.4. The van der Waals surface area contributed by atoms with Crippen LogP contribution in [0.1, 0.15) is 18.9 Å². The molecule has 0 radical (unpaired) electrons. The maximum Gasteiger partial charge on any atom is 0.414 e. The van der Waals surface area contributed by atoms with Crippen LogP contribution in [-0.4, -0.2) is 58.9 Å². The number of hydrogen-bond donors (Lipinski definition) is 3. The van der Waals surface area contributed by atoms with Gasteiger partial charge < -0.3 is 15.4 Å². The van der Waals surface area contributed by atoms with E-state index in [-0.39, 0.29) is 19.0 Å². The molecule has 1 atom stereocenters. The smallest absolute Gasteiger partial charge is 0.414 e. The number of thioether (sulfide) groups is 1. The Kier molecular flexibility index (Phi) is 8.32. The summed E-state index contributed by atoms with van der Waals surface area (Å²) in [5.41, 5.74) is 2.75. The van der Waals surface area contributed by atoms with Gasteiger partial charge in [-0.25, -0.2) is 9.18 Å². The van der Waals surface area contributed by atoms with Gasteiger partial charge in [0.25, 0.3) is 0 Å². The van der Waals surface area contributed by atoms with E-state index in [0.717, 1.165) is 41.4 Å². The van der Waals surface area contributed by atoms with Crippen LogP contribution in [0.3, 0.4) is 0 Å². The molecular weight excluding hydrogens is 471 g/mol. The van der Waals surface area contributed by atoms with Gasteiger partial charge in [-0.05, 0) is 42.3 Å². The molecule has 9 nitrogen and oxygen atoms in total. The first kappa shape index (κ1) is 24.7. The Morgan fingerprint density at radius 1 is 1.29 bits per heavy atom. The molecule has 0 unspecified atom stereocenters. The number of H-pyrrole nitrogens is 1. The van der Waals surface area contributed by atoms with E-state index in [2.05, 4.69) is 26.0 Å². The molecule has 1 aliphatic heterocycles. The third kappa shape index (κ3) is 6.80. The fraction of sp³-hybridized carbons (Fsp3) is 0.333. The van der Waals surface area contributed by atoms with Crippen LogP contribution in [-0.2, 0) is 16.1 Å². The fourth-order valence-electron chi connectivity index (χ4n) is 3.67. The first-order valence-corrected chi connectivity index (χ1v) is 12.3. The second-order valence-electron chi connectivity index (χ2n) is 8.11. The highest BCUT2D eigenvalue weighted by Gasteiger charge is 2.32. The van der Waals surface area contributed by atoms with Crippen molar-refractivity contribution in [1.29, 1.82) is 0 Å². The molecule has 2 heterocycles. The van der Waals surface area contributed by atoms with Crippen LogP contribution < -0.4 is 15.5 Å². The number of nitrogens with one attached hydrogen (secondary N) is 3. The summed E-state index contributed by atoms with van der Waals surface area (Å²) >= 11 is 1.69. The molecule has 4 rings (SSSR count). The molecule has 2 amide bonds. The van der Waals surface area contributed by atoms with Crippen molar-refractivity contribution in [3.63, 3.8) is 0 Å². The molecule has 1 aliphatic rings. The van der Waals surface area contributed by atoms with Gasteiger partial charge in [0.1, 0.15) is 16.9 Å². The zero-order valence-corrected chi connectivity index (χ0v) is 20.1. The lowest BCUT2D eigenvalue weighted by Crippen LogP contribution is -2.33. The van der Waals surface area contributed by atoms with E-state index < -0.39 is 18.0 Å². The van der Waals surface area contributed by atoms with Gasteiger partial charge in [-0.2, -0.15) is 0 Å². The number of halogens is 1. The monoisotopic (exact) mass is 498 g/mol. The van der Waals surface area contributed by atoms with Crippen molar-refractivity contribution in [2.24, 2.45) is 0 Å². The molecule has 3 N–H and O–H groups in total. The molecule has 0 bridgehead atoms. The van der Waals surface area contributed by atoms with Gasteiger partial charge in [-0.15, -0.1) is 16.9 Å². The maximum absolute atomic E-state index is 14.9. The minimum atomic E-state index is -0.554. The highest BCUT2D eigenvalue weighted by atomic mass is 32.2. The molecule has 2 aromatic carbocycles. The summed E-state index contributed by atoms with van der Waals surface area (Å²) in [7, 11) is 0. The van der Waals surface area contributed by atoms with Crippen LogP contribution in [0.25, 0.3) is 11.1 Å². The average molecular weight is 499 g/mol. The maximum atomic E-state index is 14.9. The van der Waals surface area contributed by atoms with Gasteiger partial charge in [0.15, 0.2) is 0 Å². The number of cyclic esters (lactones) is 1. The average Bonchev–Trinajstić information content (AvgIpc) is 3.50. The molecule has 0 saturated carbocycles. The Balaban J connectivity index is 1.27. The molecule has 1 aromatic heterocycles. The van der Waals surface area contributed by atoms with Crippen LogP contribution >= 0.6 is 11.8 Å². The molecule has 3 aromatic rings. The zero-order chi connectivity index (χ0) is 24.6. The van der Waals surface area contributed by atoms with E-state index in [4.69, 9.17) is 4.74 Å². The van der Waals surface area contributed by atoms with E-state index in [1.165, 1.54) is 17.9 Å². The topological polar surface area (TPSA) is 112 Å². The fourth-order valence-corrected chi connectivity index (χ4v) is 4.41. The van der Waals surface area contributed by atoms with Crippen molar-refractivity contribution in [3.8, 4) is 11.1 Å². The van der Waals surface area contributed by atoms with Gasteiger partial charge >= 0.3 is 6.09 Å². The predicted octanol–water partition coefficient (Wildman–Crippen LogP) is 3.34. The first-order valence-electron chi connectivity index (χ1n) is 11.3. The normalized spacial score (nSPS) is 15.3. The Morgan fingerprint density at radius 2 is 2.11 bits per heavy atom. The molecule has 1 fully saturated rings. The van der Waals surface area contributed by atoms with Crippen molar-refractivity contribution < 1.29 is 18.7 Å². The minimum Gasteiger partial charge on any atom is -0.442 e. The number of benzene rings is 2. The molecule has 184 valence electrons. The summed E-state index contributed by atoms with van der Waals surface area (Å²) in [5.74, 6) is 0.349. The van der Waals surface area contributed by atoms with Crippen molar-refractivity contribution in [2.75, 3.05) is 30.3 Å². The number of aromatic amines is 1. The number of amides is 2. The number of rotatable bonds is 11. The van der Waals surface area contributed by atoms with E-state index in [0.29, 0.717) is 11.3 Å². The van der Waals surface area contributed by atoms with Crippen molar-refractivity contribution in [3.05, 3.63) is 60.0 Å². The lowest BCUT2D eigenvalue weighted by atomic mass is 10.0. The lowest BCUT2D eigenvalue weighted by molar-refractivity contribution is -0.119. The molecule has 0 spiro atoms. The highest BCUT2D eigenvalue weighted by molar-refractivity contribution is 7.99. The van der Waals surface area contributed by atoms with Crippen molar-refractivity contribution in [1.82, 2.24) is 26.0 Å². The lowest BCUT2D eigenvalue weighted by Gasteiger charge is -2.15. The Bertz CT molecular complexity index is 1140. The summed E-state index contributed by atoms with van der Waals surface area (Å²) in [5, 5.41) is 17.3. The van der Waals surface area contributed by atoms with Gasteiger partial charge in [-0.1, -0.05) is 29.5 Å².